The maximum atomic E-state index is 13.6. The van der Waals surface area contributed by atoms with Gasteiger partial charge in [-0.15, -0.1) is 0 Å². The van der Waals surface area contributed by atoms with Gasteiger partial charge >= 0.3 is 5.97 Å². The molecule has 0 aliphatic heterocycles. The number of ether oxygens (including phenoxy) is 1. The van der Waals surface area contributed by atoms with Crippen LogP contribution in [0.15, 0.2) is 60.8 Å². The van der Waals surface area contributed by atoms with Crippen molar-refractivity contribution in [3.8, 4) is 0 Å². The van der Waals surface area contributed by atoms with Crippen LogP contribution < -0.4 is 10.2 Å². The number of amides is 1. The number of allylic oxidation sites excluding steroid dienone is 9. The van der Waals surface area contributed by atoms with Gasteiger partial charge in [0.1, 0.15) is 19.3 Å². The van der Waals surface area contributed by atoms with Crippen molar-refractivity contribution >= 4 is 19.7 Å². The molecule has 0 heterocycles. The Labute approximate surface area is 502 Å². The second-order valence-corrected chi connectivity index (χ2v) is 26.1. The van der Waals surface area contributed by atoms with Crippen molar-refractivity contribution in [2.24, 2.45) is 0 Å². The Morgan fingerprint density at radius 2 is 0.753 bits per heavy atom. The van der Waals surface area contributed by atoms with Gasteiger partial charge in [0.25, 0.3) is 7.82 Å². The van der Waals surface area contributed by atoms with Gasteiger partial charge in [0.15, 0.2) is 0 Å². The summed E-state index contributed by atoms with van der Waals surface area (Å²) >= 11 is 0. The normalized spacial score (nSPS) is 13.9. The van der Waals surface area contributed by atoms with Crippen LogP contribution in [0.4, 0.5) is 0 Å². The molecular formula is C71H133N2O7P. The van der Waals surface area contributed by atoms with E-state index in [-0.39, 0.29) is 31.5 Å². The number of quaternary nitrogens is 1. The van der Waals surface area contributed by atoms with Crippen molar-refractivity contribution < 1.29 is 37.3 Å². The van der Waals surface area contributed by atoms with Gasteiger partial charge < -0.3 is 28.5 Å². The third-order valence-electron chi connectivity index (χ3n) is 15.5. The fourth-order valence-corrected chi connectivity index (χ4v) is 10.8. The van der Waals surface area contributed by atoms with E-state index in [4.69, 9.17) is 13.8 Å². The van der Waals surface area contributed by atoms with E-state index in [9.17, 15) is 19.0 Å². The summed E-state index contributed by atoms with van der Waals surface area (Å²) in [5.41, 5.74) is 0. The molecule has 9 nitrogen and oxygen atoms in total. The highest BCUT2D eigenvalue weighted by Crippen LogP contribution is 2.38. The number of hydrogen-bond acceptors (Lipinski definition) is 7. The Hall–Kier alpha value is -2.29. The van der Waals surface area contributed by atoms with Gasteiger partial charge in [-0.1, -0.05) is 300 Å². The molecule has 10 heteroatoms. The first-order valence-corrected chi connectivity index (χ1v) is 36.1. The van der Waals surface area contributed by atoms with Crippen molar-refractivity contribution in [3.05, 3.63) is 60.8 Å². The van der Waals surface area contributed by atoms with Gasteiger partial charge in [-0.2, -0.15) is 0 Å². The number of phosphoric acid groups is 1. The van der Waals surface area contributed by atoms with Gasteiger partial charge in [-0.05, 0) is 76.7 Å². The van der Waals surface area contributed by atoms with Crippen molar-refractivity contribution in [1.29, 1.82) is 0 Å². The molecule has 0 aromatic carbocycles. The van der Waals surface area contributed by atoms with E-state index >= 15 is 0 Å². The summed E-state index contributed by atoms with van der Waals surface area (Å²) in [6.07, 6.45) is 77.7. The molecule has 3 unspecified atom stereocenters. The van der Waals surface area contributed by atoms with E-state index in [0.29, 0.717) is 17.4 Å². The van der Waals surface area contributed by atoms with Crippen molar-refractivity contribution in [3.63, 3.8) is 0 Å². The Bertz CT molecular complexity index is 1570. The molecule has 81 heavy (non-hydrogen) atoms. The quantitative estimate of drug-likeness (QED) is 0.0212. The minimum absolute atomic E-state index is 0.0239. The van der Waals surface area contributed by atoms with Crippen LogP contribution in [-0.4, -0.2) is 69.4 Å². The van der Waals surface area contributed by atoms with Gasteiger partial charge in [0, 0.05) is 12.8 Å². The highest BCUT2D eigenvalue weighted by molar-refractivity contribution is 7.45. The zero-order valence-electron chi connectivity index (χ0n) is 54.2. The molecule has 1 amide bonds. The highest BCUT2D eigenvalue weighted by atomic mass is 31.2. The van der Waals surface area contributed by atoms with E-state index in [2.05, 4.69) is 74.7 Å². The minimum Gasteiger partial charge on any atom is -0.756 e. The van der Waals surface area contributed by atoms with Crippen LogP contribution in [0.1, 0.15) is 329 Å². The monoisotopic (exact) mass is 1160 g/mol. The van der Waals surface area contributed by atoms with Crippen LogP contribution >= 0.6 is 7.82 Å². The van der Waals surface area contributed by atoms with Crippen molar-refractivity contribution in [2.75, 3.05) is 40.9 Å². The smallest absolute Gasteiger partial charge is 0.306 e. The van der Waals surface area contributed by atoms with E-state index in [1.807, 2.05) is 33.3 Å². The number of carbonyl (C=O) groups is 2. The number of rotatable bonds is 63. The Morgan fingerprint density at radius 3 is 1.15 bits per heavy atom. The molecule has 0 rings (SSSR count). The molecule has 3 atom stereocenters. The van der Waals surface area contributed by atoms with Gasteiger partial charge in [0.05, 0.1) is 33.8 Å². The molecule has 0 aliphatic carbocycles. The fourth-order valence-electron chi connectivity index (χ4n) is 10.1. The molecule has 1 N–H and O–H groups in total. The number of esters is 1. The number of unbranched alkanes of at least 4 members (excludes halogenated alkanes) is 39. The van der Waals surface area contributed by atoms with Crippen molar-refractivity contribution in [1.82, 2.24) is 5.32 Å². The fraction of sp³-hybridized carbons (Fsp3) is 0.831. The summed E-state index contributed by atoms with van der Waals surface area (Å²) in [5.74, 6) is -0.541. The first-order valence-electron chi connectivity index (χ1n) is 34.6. The predicted molar refractivity (Wildman–Crippen MR) is 349 cm³/mol. The number of nitrogens with one attached hydrogen (secondary N) is 1. The molecule has 474 valence electrons. The van der Waals surface area contributed by atoms with E-state index in [0.717, 1.165) is 89.9 Å². The zero-order valence-corrected chi connectivity index (χ0v) is 55.1. The average molecular weight is 1160 g/mol. The molecule has 0 spiro atoms. The second-order valence-electron chi connectivity index (χ2n) is 24.7. The van der Waals surface area contributed by atoms with Crippen LogP contribution in [0.3, 0.4) is 0 Å². The number of carbonyl (C=O) groups excluding carboxylic acids is 2. The lowest BCUT2D eigenvalue weighted by molar-refractivity contribution is -0.870. The predicted octanol–water partition coefficient (Wildman–Crippen LogP) is 21.2. The largest absolute Gasteiger partial charge is 0.756 e. The minimum atomic E-state index is -4.70. The summed E-state index contributed by atoms with van der Waals surface area (Å²) in [6.45, 7) is 6.84. The number of hydrogen-bond donors (Lipinski definition) is 1. The Morgan fingerprint density at radius 1 is 0.432 bits per heavy atom. The third kappa shape index (κ3) is 62.1. The maximum absolute atomic E-state index is 13.6. The van der Waals surface area contributed by atoms with Crippen LogP contribution in [0.5, 0.6) is 0 Å². The van der Waals surface area contributed by atoms with E-state index in [1.54, 1.807) is 0 Å². The molecule has 0 bridgehead atoms. The third-order valence-corrected chi connectivity index (χ3v) is 16.4. The summed E-state index contributed by atoms with van der Waals surface area (Å²) in [7, 11) is 1.19. The molecule has 0 saturated carbocycles. The van der Waals surface area contributed by atoms with Crippen LogP contribution in [-0.2, 0) is 27.9 Å². The average Bonchev–Trinajstić information content (AvgIpc) is 3.44. The summed E-state index contributed by atoms with van der Waals surface area (Å²) < 4.78 is 30.4. The first kappa shape index (κ1) is 78.7. The molecule has 0 aromatic rings. The lowest BCUT2D eigenvalue weighted by Gasteiger charge is -2.30. The summed E-state index contributed by atoms with van der Waals surface area (Å²) in [6, 6.07) is -0.892. The van der Waals surface area contributed by atoms with Gasteiger partial charge in [0.2, 0.25) is 5.91 Å². The van der Waals surface area contributed by atoms with E-state index in [1.165, 1.54) is 205 Å². The van der Waals surface area contributed by atoms with Crippen LogP contribution in [0.2, 0.25) is 0 Å². The van der Waals surface area contributed by atoms with Crippen molar-refractivity contribution in [2.45, 2.75) is 341 Å². The molecule has 0 aliphatic rings. The Kier molecular flexibility index (Phi) is 59.1. The zero-order chi connectivity index (χ0) is 59.3. The van der Waals surface area contributed by atoms with Gasteiger partial charge in [-0.3, -0.25) is 14.2 Å². The lowest BCUT2D eigenvalue weighted by Crippen LogP contribution is -2.47. The second kappa shape index (κ2) is 60.8. The number of phosphoric ester groups is 1. The molecule has 0 radical (unpaired) electrons. The maximum Gasteiger partial charge on any atom is 0.306 e. The highest BCUT2D eigenvalue weighted by Gasteiger charge is 2.27. The topological polar surface area (TPSA) is 114 Å². The van der Waals surface area contributed by atoms with Crippen LogP contribution in [0, 0.1) is 0 Å². The SMILES string of the molecule is CCCCC/C=C\C/C=C\C/C=C\C/C=C\CCCCCCCCCC(=O)OC(/C=C/CCCCCCCCCCC)C(COP(=O)([O-])OCC[N+](C)(C)C)NC(=O)CCCCCCCCCCCCCCCCCCCCCCC. The first-order chi connectivity index (χ1) is 39.4. The molecule has 0 fully saturated rings. The molecular weight excluding hydrogens is 1020 g/mol. The van der Waals surface area contributed by atoms with Crippen LogP contribution in [0.25, 0.3) is 0 Å². The van der Waals surface area contributed by atoms with E-state index < -0.39 is 20.0 Å². The molecule has 0 saturated heterocycles. The molecule has 0 aromatic heterocycles. The summed E-state index contributed by atoms with van der Waals surface area (Å²) in [5, 5.41) is 3.04. The lowest BCUT2D eigenvalue weighted by atomic mass is 10.0. The number of nitrogens with zero attached hydrogens (tertiary/aromatic N) is 1. The standard InChI is InChI=1S/C71H133N2O7P/c1-7-10-13-16-19-22-25-27-29-31-33-35-36-38-40-42-44-46-49-52-55-58-61-64-71(75)80-69(62-59-56-53-50-47-24-21-18-15-12-9-3)68(67-79-81(76,77)78-66-65-73(4,5)6)72-70(74)63-60-57-54-51-48-45-43-41-39-37-34-32-30-28-26-23-20-17-14-11-8-2/h19,22,27,29,33,35,38,40,59,62,68-69H,7-18,20-21,23-26,28,30-32,34,36-37,39,41-58,60-61,63-67H2,1-6H3,(H-,72,74,76,77)/b22-19-,29-27-,35-33-,40-38-,62-59+. The summed E-state index contributed by atoms with van der Waals surface area (Å²) in [4.78, 5) is 40.1. The van der Waals surface area contributed by atoms with Gasteiger partial charge in [-0.25, -0.2) is 0 Å². The Balaban J connectivity index is 5.09. The number of likely N-dealkylation sites (N-methyl/N-ethyl adjacent to an activating group) is 1.